The van der Waals surface area contributed by atoms with Crippen LogP contribution < -0.4 is 0 Å². The highest BCUT2D eigenvalue weighted by atomic mass is 79.9. The summed E-state index contributed by atoms with van der Waals surface area (Å²) in [6.07, 6.45) is 0. The van der Waals surface area contributed by atoms with E-state index in [1.807, 2.05) is 6.92 Å². The lowest BCUT2D eigenvalue weighted by Crippen LogP contribution is -2.07. The molecular weight excluding hydrogens is 289 g/mol. The third kappa shape index (κ3) is 4.26. The van der Waals surface area contributed by atoms with Crippen LogP contribution in [0.5, 0.6) is 0 Å². The van der Waals surface area contributed by atoms with E-state index in [9.17, 15) is 4.39 Å². The van der Waals surface area contributed by atoms with E-state index in [4.69, 9.17) is 0 Å². The average Bonchev–Trinajstić information content (AvgIpc) is 2.17. The maximum Gasteiger partial charge on any atom is 0.132 e. The Balaban J connectivity index is 2.96. The SMILES string of the molecule is C/C(=N/SC(C)(C)C)c1cc(Br)ccc1F. The summed E-state index contributed by atoms with van der Waals surface area (Å²) in [5, 5.41) is 0. The Morgan fingerprint density at radius 1 is 1.38 bits per heavy atom. The van der Waals surface area contributed by atoms with Gasteiger partial charge in [0.05, 0.1) is 5.71 Å². The molecule has 88 valence electrons. The molecule has 1 aromatic rings. The number of rotatable bonds is 2. The van der Waals surface area contributed by atoms with Crippen molar-refractivity contribution >= 4 is 33.6 Å². The Kier molecular flexibility index (Phi) is 4.56. The lowest BCUT2D eigenvalue weighted by Gasteiger charge is -2.13. The topological polar surface area (TPSA) is 12.4 Å². The standard InChI is InChI=1S/C12H15BrFNS/c1-8(15-16-12(2,3)4)10-7-9(13)5-6-11(10)14/h5-7H,1-4H3/b15-8-. The number of nitrogens with zero attached hydrogens (tertiary/aromatic N) is 1. The van der Waals surface area contributed by atoms with E-state index in [0.717, 1.165) is 4.47 Å². The van der Waals surface area contributed by atoms with E-state index >= 15 is 0 Å². The van der Waals surface area contributed by atoms with Crippen molar-refractivity contribution in [2.24, 2.45) is 4.40 Å². The van der Waals surface area contributed by atoms with Crippen LogP contribution in [-0.2, 0) is 0 Å². The highest BCUT2D eigenvalue weighted by Gasteiger charge is 2.12. The first-order valence-corrected chi connectivity index (χ1v) is 6.54. The van der Waals surface area contributed by atoms with Crippen LogP contribution >= 0.6 is 27.9 Å². The summed E-state index contributed by atoms with van der Waals surface area (Å²) < 4.78 is 18.8. The molecule has 0 radical (unpaired) electrons. The summed E-state index contributed by atoms with van der Waals surface area (Å²) >= 11 is 4.78. The zero-order chi connectivity index (χ0) is 12.3. The van der Waals surface area contributed by atoms with E-state index < -0.39 is 0 Å². The average molecular weight is 304 g/mol. The van der Waals surface area contributed by atoms with Crippen molar-refractivity contribution in [3.8, 4) is 0 Å². The van der Waals surface area contributed by atoms with Gasteiger partial charge in [-0.25, -0.2) is 8.79 Å². The van der Waals surface area contributed by atoms with Crippen LogP contribution in [0.4, 0.5) is 4.39 Å². The van der Waals surface area contributed by atoms with Crippen molar-refractivity contribution in [1.29, 1.82) is 0 Å². The van der Waals surface area contributed by atoms with Gasteiger partial charge in [0.1, 0.15) is 5.82 Å². The zero-order valence-electron chi connectivity index (χ0n) is 9.84. The summed E-state index contributed by atoms with van der Waals surface area (Å²) in [5.74, 6) is -0.237. The van der Waals surface area contributed by atoms with Crippen LogP contribution in [0.3, 0.4) is 0 Å². The first kappa shape index (κ1) is 13.7. The molecule has 0 N–H and O–H groups in total. The first-order valence-electron chi connectivity index (χ1n) is 4.98. The van der Waals surface area contributed by atoms with Crippen molar-refractivity contribution in [2.45, 2.75) is 32.4 Å². The number of halogens is 2. The van der Waals surface area contributed by atoms with E-state index in [0.29, 0.717) is 11.3 Å². The lowest BCUT2D eigenvalue weighted by atomic mass is 10.1. The number of hydrogen-bond donors (Lipinski definition) is 0. The van der Waals surface area contributed by atoms with Crippen molar-refractivity contribution in [3.05, 3.63) is 34.1 Å². The van der Waals surface area contributed by atoms with Gasteiger partial charge in [0.15, 0.2) is 0 Å². The maximum atomic E-state index is 13.5. The molecule has 0 unspecified atom stereocenters. The fraction of sp³-hybridized carbons (Fsp3) is 0.417. The smallest absolute Gasteiger partial charge is 0.132 e. The quantitative estimate of drug-likeness (QED) is 0.562. The molecule has 0 heterocycles. The molecule has 1 aromatic carbocycles. The normalized spacial score (nSPS) is 13.0. The van der Waals surface area contributed by atoms with Crippen LogP contribution in [0, 0.1) is 5.82 Å². The van der Waals surface area contributed by atoms with E-state index in [2.05, 4.69) is 41.1 Å². The van der Waals surface area contributed by atoms with Crippen LogP contribution in [0.2, 0.25) is 0 Å². The summed E-state index contributed by atoms with van der Waals surface area (Å²) in [6.45, 7) is 8.05. The summed E-state index contributed by atoms with van der Waals surface area (Å²) in [6, 6.07) is 4.88. The molecule has 0 bridgehead atoms. The molecule has 16 heavy (non-hydrogen) atoms. The third-order valence-electron chi connectivity index (χ3n) is 1.77. The van der Waals surface area contributed by atoms with Gasteiger partial charge in [0.25, 0.3) is 0 Å². The van der Waals surface area contributed by atoms with Crippen molar-refractivity contribution < 1.29 is 4.39 Å². The molecule has 0 atom stereocenters. The van der Waals surface area contributed by atoms with E-state index in [-0.39, 0.29) is 10.6 Å². The van der Waals surface area contributed by atoms with Gasteiger partial charge in [-0.05, 0) is 57.8 Å². The molecule has 0 aliphatic carbocycles. The van der Waals surface area contributed by atoms with Crippen molar-refractivity contribution in [3.63, 3.8) is 0 Å². The molecule has 0 amide bonds. The Hall–Kier alpha value is -0.350. The molecule has 0 aliphatic heterocycles. The van der Waals surface area contributed by atoms with Gasteiger partial charge in [0, 0.05) is 14.8 Å². The molecule has 0 saturated heterocycles. The highest BCUT2D eigenvalue weighted by Crippen LogP contribution is 2.26. The molecule has 0 saturated carbocycles. The summed E-state index contributed by atoms with van der Waals surface area (Å²) in [7, 11) is 0. The molecule has 0 aromatic heterocycles. The van der Waals surface area contributed by atoms with E-state index in [1.54, 1.807) is 12.1 Å². The molecule has 0 aliphatic rings. The Morgan fingerprint density at radius 2 is 2.00 bits per heavy atom. The van der Waals surface area contributed by atoms with Crippen LogP contribution in [0.25, 0.3) is 0 Å². The predicted molar refractivity (Wildman–Crippen MR) is 73.7 cm³/mol. The maximum absolute atomic E-state index is 13.5. The fourth-order valence-electron chi connectivity index (χ4n) is 1.03. The summed E-state index contributed by atoms with van der Waals surface area (Å²) in [4.78, 5) is 0. The van der Waals surface area contributed by atoms with Gasteiger partial charge in [-0.15, -0.1) is 0 Å². The number of benzene rings is 1. The molecule has 1 rings (SSSR count). The second-order valence-corrected chi connectivity index (χ2v) is 7.01. The van der Waals surface area contributed by atoms with Gasteiger partial charge in [-0.3, -0.25) is 0 Å². The minimum Gasteiger partial charge on any atom is -0.220 e. The van der Waals surface area contributed by atoms with Crippen LogP contribution in [0.15, 0.2) is 27.1 Å². The highest BCUT2D eigenvalue weighted by molar-refractivity contribution is 9.10. The molecular formula is C12H15BrFNS. The number of hydrogen-bond acceptors (Lipinski definition) is 2. The molecule has 1 nitrogen and oxygen atoms in total. The Morgan fingerprint density at radius 3 is 2.56 bits per heavy atom. The first-order chi connectivity index (χ1) is 7.29. The molecule has 0 spiro atoms. The van der Waals surface area contributed by atoms with Crippen molar-refractivity contribution in [1.82, 2.24) is 0 Å². The van der Waals surface area contributed by atoms with E-state index in [1.165, 1.54) is 18.0 Å². The predicted octanol–water partition coefficient (Wildman–Crippen LogP) is 4.84. The zero-order valence-corrected chi connectivity index (χ0v) is 12.2. The van der Waals surface area contributed by atoms with Gasteiger partial charge in [-0.2, -0.15) is 0 Å². The minimum absolute atomic E-state index is 0.0454. The second-order valence-electron chi connectivity index (χ2n) is 4.50. The van der Waals surface area contributed by atoms with Crippen LogP contribution in [0.1, 0.15) is 33.3 Å². The Bertz CT molecular complexity index is 410. The third-order valence-corrected chi connectivity index (χ3v) is 3.18. The van der Waals surface area contributed by atoms with Crippen LogP contribution in [-0.4, -0.2) is 10.5 Å². The Labute approximate surface area is 109 Å². The molecule has 0 fully saturated rings. The lowest BCUT2D eigenvalue weighted by molar-refractivity contribution is 0.625. The van der Waals surface area contributed by atoms with Crippen molar-refractivity contribution in [2.75, 3.05) is 0 Å². The molecule has 4 heteroatoms. The van der Waals surface area contributed by atoms with Gasteiger partial charge < -0.3 is 0 Å². The summed E-state index contributed by atoms with van der Waals surface area (Å²) in [5.41, 5.74) is 1.25. The van der Waals surface area contributed by atoms with Gasteiger partial charge in [-0.1, -0.05) is 15.9 Å². The minimum atomic E-state index is -0.237. The van der Waals surface area contributed by atoms with Gasteiger partial charge >= 0.3 is 0 Å². The fourth-order valence-corrected chi connectivity index (χ4v) is 1.90. The second kappa shape index (κ2) is 5.32. The largest absolute Gasteiger partial charge is 0.220 e. The van der Waals surface area contributed by atoms with Gasteiger partial charge in [0.2, 0.25) is 0 Å². The monoisotopic (exact) mass is 303 g/mol.